The monoisotopic (exact) mass is 329 g/mol. The van der Waals surface area contributed by atoms with Gasteiger partial charge >= 0.3 is 0 Å². The molecule has 1 atom stereocenters. The van der Waals surface area contributed by atoms with Gasteiger partial charge in [-0.15, -0.1) is 0 Å². The highest BCUT2D eigenvalue weighted by Crippen LogP contribution is 2.35. The van der Waals surface area contributed by atoms with Crippen molar-refractivity contribution >= 4 is 5.91 Å². The predicted octanol–water partition coefficient (Wildman–Crippen LogP) is 2.60. The Balaban J connectivity index is 1.62. The van der Waals surface area contributed by atoms with Crippen LogP contribution in [0.15, 0.2) is 30.5 Å². The minimum Gasteiger partial charge on any atom is -0.363 e. The Hall–Kier alpha value is -2.21. The lowest BCUT2D eigenvalue weighted by Crippen LogP contribution is -2.45. The van der Waals surface area contributed by atoms with Gasteiger partial charge in [0.25, 0.3) is 0 Å². The molecule has 1 spiro atoms. The van der Waals surface area contributed by atoms with E-state index in [0.717, 1.165) is 30.0 Å². The van der Waals surface area contributed by atoms with Gasteiger partial charge in [-0.2, -0.15) is 0 Å². The van der Waals surface area contributed by atoms with Crippen molar-refractivity contribution in [3.05, 3.63) is 42.1 Å². The van der Waals surface area contributed by atoms with Crippen molar-refractivity contribution in [3.8, 4) is 11.3 Å². The summed E-state index contributed by atoms with van der Waals surface area (Å²) in [6.07, 6.45) is 3.17. The SMILES string of the molecule is CCC(=O)N1CC[C@]2(C1)Cn1c(-c3ccc(F)cc3)cnc1CO2. The van der Waals surface area contributed by atoms with Crippen molar-refractivity contribution in [1.82, 2.24) is 14.5 Å². The number of benzene rings is 1. The molecule has 5 nitrogen and oxygen atoms in total. The molecule has 2 aliphatic rings. The summed E-state index contributed by atoms with van der Waals surface area (Å²) in [5, 5.41) is 0. The number of hydrogen-bond acceptors (Lipinski definition) is 3. The second kappa shape index (κ2) is 5.70. The fourth-order valence-corrected chi connectivity index (χ4v) is 3.64. The maximum Gasteiger partial charge on any atom is 0.222 e. The highest BCUT2D eigenvalue weighted by molar-refractivity contribution is 5.76. The molecule has 126 valence electrons. The molecule has 6 heteroatoms. The molecule has 2 aromatic rings. The number of nitrogens with zero attached hydrogens (tertiary/aromatic N) is 3. The number of likely N-dealkylation sites (tertiary alicyclic amines) is 1. The van der Waals surface area contributed by atoms with Crippen LogP contribution in [0.5, 0.6) is 0 Å². The molecule has 1 aromatic heterocycles. The van der Waals surface area contributed by atoms with E-state index in [1.54, 1.807) is 12.1 Å². The smallest absolute Gasteiger partial charge is 0.222 e. The van der Waals surface area contributed by atoms with Gasteiger partial charge in [0.1, 0.15) is 23.8 Å². The fourth-order valence-electron chi connectivity index (χ4n) is 3.64. The van der Waals surface area contributed by atoms with E-state index in [4.69, 9.17) is 4.74 Å². The van der Waals surface area contributed by atoms with Crippen molar-refractivity contribution in [2.75, 3.05) is 13.1 Å². The summed E-state index contributed by atoms with van der Waals surface area (Å²) in [6, 6.07) is 6.45. The Morgan fingerprint density at radius 3 is 2.88 bits per heavy atom. The van der Waals surface area contributed by atoms with Gasteiger partial charge in [-0.3, -0.25) is 4.79 Å². The first-order chi connectivity index (χ1) is 11.6. The fraction of sp³-hybridized carbons (Fsp3) is 0.444. The molecular weight excluding hydrogens is 309 g/mol. The molecule has 0 radical (unpaired) electrons. The van der Waals surface area contributed by atoms with E-state index in [2.05, 4.69) is 9.55 Å². The molecule has 4 rings (SSSR count). The van der Waals surface area contributed by atoms with Crippen LogP contribution in [0.1, 0.15) is 25.6 Å². The van der Waals surface area contributed by atoms with Crippen LogP contribution < -0.4 is 0 Å². The summed E-state index contributed by atoms with van der Waals surface area (Å²) in [5.41, 5.74) is 1.56. The number of aromatic nitrogens is 2. The van der Waals surface area contributed by atoms with Gasteiger partial charge in [-0.1, -0.05) is 6.92 Å². The third kappa shape index (κ3) is 2.51. The molecule has 1 aromatic carbocycles. The molecule has 0 bridgehead atoms. The summed E-state index contributed by atoms with van der Waals surface area (Å²) in [7, 11) is 0. The molecule has 1 amide bonds. The standard InChI is InChI=1S/C18H20FN3O2/c1-2-17(23)21-8-7-18(11-21)12-22-15(9-20-16(22)10-24-18)13-3-5-14(19)6-4-13/h3-6,9H,2,7-8,10-12H2,1H3/t18-/m0/s1. The van der Waals surface area contributed by atoms with Crippen molar-refractivity contribution in [2.45, 2.75) is 38.5 Å². The Morgan fingerprint density at radius 1 is 1.33 bits per heavy atom. The third-order valence-electron chi connectivity index (χ3n) is 5.00. The maximum atomic E-state index is 13.2. The van der Waals surface area contributed by atoms with Crippen LogP contribution in [0.2, 0.25) is 0 Å². The van der Waals surface area contributed by atoms with E-state index in [1.807, 2.05) is 18.0 Å². The zero-order valence-corrected chi connectivity index (χ0v) is 13.7. The van der Waals surface area contributed by atoms with E-state index < -0.39 is 0 Å². The molecule has 0 saturated carbocycles. The molecular formula is C18H20FN3O2. The first-order valence-electron chi connectivity index (χ1n) is 8.32. The van der Waals surface area contributed by atoms with Crippen LogP contribution in [0.25, 0.3) is 11.3 Å². The number of amides is 1. The van der Waals surface area contributed by atoms with Crippen molar-refractivity contribution < 1.29 is 13.9 Å². The molecule has 0 unspecified atom stereocenters. The first-order valence-corrected chi connectivity index (χ1v) is 8.32. The quantitative estimate of drug-likeness (QED) is 0.851. The Morgan fingerprint density at radius 2 is 2.12 bits per heavy atom. The molecule has 0 aliphatic carbocycles. The van der Waals surface area contributed by atoms with Crippen LogP contribution in [0.3, 0.4) is 0 Å². The normalized spacial score (nSPS) is 22.8. The number of ether oxygens (including phenoxy) is 1. The molecule has 3 heterocycles. The van der Waals surface area contributed by atoms with Gasteiger partial charge < -0.3 is 14.2 Å². The van der Waals surface area contributed by atoms with E-state index in [1.165, 1.54) is 12.1 Å². The summed E-state index contributed by atoms with van der Waals surface area (Å²) >= 11 is 0. The average Bonchev–Trinajstić information content (AvgIpc) is 3.20. The van der Waals surface area contributed by atoms with Crippen LogP contribution >= 0.6 is 0 Å². The lowest BCUT2D eigenvalue weighted by molar-refractivity contribution is -0.132. The molecule has 24 heavy (non-hydrogen) atoms. The zero-order chi connectivity index (χ0) is 16.7. The van der Waals surface area contributed by atoms with Crippen molar-refractivity contribution in [2.24, 2.45) is 0 Å². The van der Waals surface area contributed by atoms with Gasteiger partial charge in [-0.05, 0) is 36.2 Å². The number of carbonyl (C=O) groups excluding carboxylic acids is 1. The van der Waals surface area contributed by atoms with Gasteiger partial charge in [0.2, 0.25) is 5.91 Å². The summed E-state index contributed by atoms with van der Waals surface area (Å²) in [6.45, 7) is 4.36. The number of halogens is 1. The Bertz CT molecular complexity index is 771. The first kappa shape index (κ1) is 15.3. The number of hydrogen-bond donors (Lipinski definition) is 0. The van der Waals surface area contributed by atoms with Gasteiger partial charge in [0, 0.05) is 13.0 Å². The lowest BCUT2D eigenvalue weighted by atomic mass is 10.0. The number of rotatable bonds is 2. The van der Waals surface area contributed by atoms with E-state index >= 15 is 0 Å². The number of carbonyl (C=O) groups is 1. The third-order valence-corrected chi connectivity index (χ3v) is 5.00. The number of imidazole rings is 1. The minimum absolute atomic E-state index is 0.172. The van der Waals surface area contributed by atoms with E-state index in [0.29, 0.717) is 26.1 Å². The predicted molar refractivity (Wildman–Crippen MR) is 86.6 cm³/mol. The zero-order valence-electron chi connectivity index (χ0n) is 13.7. The Labute approximate surface area is 140 Å². The van der Waals surface area contributed by atoms with E-state index in [9.17, 15) is 9.18 Å². The van der Waals surface area contributed by atoms with Crippen LogP contribution in [-0.2, 0) is 22.7 Å². The van der Waals surface area contributed by atoms with Crippen LogP contribution in [0, 0.1) is 5.82 Å². The summed E-state index contributed by atoms with van der Waals surface area (Å²) in [5.74, 6) is 0.798. The molecule has 0 N–H and O–H groups in total. The minimum atomic E-state index is -0.340. The second-order valence-corrected chi connectivity index (χ2v) is 6.54. The van der Waals surface area contributed by atoms with E-state index in [-0.39, 0.29) is 17.3 Å². The van der Waals surface area contributed by atoms with Crippen molar-refractivity contribution in [3.63, 3.8) is 0 Å². The Kier molecular flexibility index (Phi) is 3.64. The van der Waals surface area contributed by atoms with Crippen LogP contribution in [-0.4, -0.2) is 39.0 Å². The highest BCUT2D eigenvalue weighted by atomic mass is 19.1. The molecule has 2 aliphatic heterocycles. The number of fused-ring (bicyclic) bond motifs is 1. The van der Waals surface area contributed by atoms with Crippen LogP contribution in [0.4, 0.5) is 4.39 Å². The summed E-state index contributed by atoms with van der Waals surface area (Å²) in [4.78, 5) is 18.3. The topological polar surface area (TPSA) is 47.4 Å². The van der Waals surface area contributed by atoms with Crippen molar-refractivity contribution in [1.29, 1.82) is 0 Å². The second-order valence-electron chi connectivity index (χ2n) is 6.54. The molecule has 1 fully saturated rings. The lowest BCUT2D eigenvalue weighted by Gasteiger charge is -2.35. The molecule has 1 saturated heterocycles. The summed E-state index contributed by atoms with van der Waals surface area (Å²) < 4.78 is 21.4. The van der Waals surface area contributed by atoms with Gasteiger partial charge in [0.15, 0.2) is 0 Å². The largest absolute Gasteiger partial charge is 0.363 e. The highest BCUT2D eigenvalue weighted by Gasteiger charge is 2.44. The average molecular weight is 329 g/mol. The van der Waals surface area contributed by atoms with Gasteiger partial charge in [0.05, 0.1) is 25.0 Å². The maximum absolute atomic E-state index is 13.2. The van der Waals surface area contributed by atoms with Gasteiger partial charge in [-0.25, -0.2) is 9.37 Å².